The number of ether oxygens (including phenoxy) is 1. The highest BCUT2D eigenvalue weighted by Crippen LogP contribution is 2.28. The molecule has 0 aliphatic heterocycles. The minimum absolute atomic E-state index is 0. The van der Waals surface area contributed by atoms with E-state index in [2.05, 4.69) is 5.32 Å². The van der Waals surface area contributed by atoms with Crippen LogP contribution in [0, 0.1) is 5.92 Å². The number of carbonyl (C=O) groups is 2. The van der Waals surface area contributed by atoms with Gasteiger partial charge >= 0.3 is 5.97 Å². The fourth-order valence-corrected chi connectivity index (χ4v) is 1.96. The first kappa shape index (κ1) is 16.2. The second-order valence-corrected chi connectivity index (χ2v) is 5.13. The molecule has 0 radical (unpaired) electrons. The smallest absolute Gasteiger partial charge is 0.325 e. The predicted octanol–water partition coefficient (Wildman–Crippen LogP) is 0.962. The summed E-state index contributed by atoms with van der Waals surface area (Å²) in [6.45, 7) is 3.50. The lowest BCUT2D eigenvalue weighted by Gasteiger charge is -2.21. The normalized spacial score (nSPS) is 17.5. The van der Waals surface area contributed by atoms with Crippen molar-refractivity contribution in [1.82, 2.24) is 10.2 Å². The van der Waals surface area contributed by atoms with Crippen LogP contribution < -0.4 is 5.32 Å². The number of nitrogens with one attached hydrogen (secondary N) is 1. The van der Waals surface area contributed by atoms with Crippen LogP contribution in [0.1, 0.15) is 32.6 Å². The van der Waals surface area contributed by atoms with Gasteiger partial charge in [0.05, 0.1) is 13.2 Å². The number of hydrogen-bond donors (Lipinski definition) is 1. The molecule has 110 valence electrons. The predicted molar refractivity (Wildman–Crippen MR) is 74.2 cm³/mol. The summed E-state index contributed by atoms with van der Waals surface area (Å²) in [5.74, 6) is 0.475. The van der Waals surface area contributed by atoms with Crippen molar-refractivity contribution in [3.8, 4) is 0 Å². The molecule has 0 aromatic rings. The molecule has 5 nitrogen and oxygen atoms in total. The van der Waals surface area contributed by atoms with Crippen molar-refractivity contribution in [2.24, 2.45) is 5.92 Å². The average Bonchev–Trinajstić information content (AvgIpc) is 3.18. The van der Waals surface area contributed by atoms with Gasteiger partial charge in [-0.05, 0) is 45.1 Å². The van der Waals surface area contributed by atoms with Crippen LogP contribution in [0.5, 0.6) is 0 Å². The van der Waals surface area contributed by atoms with E-state index in [9.17, 15) is 9.59 Å². The molecule has 0 unspecified atom stereocenters. The molecule has 2 saturated carbocycles. The highest BCUT2D eigenvalue weighted by atomic mass is 35.5. The van der Waals surface area contributed by atoms with Crippen molar-refractivity contribution in [3.05, 3.63) is 0 Å². The van der Waals surface area contributed by atoms with Crippen LogP contribution in [0.4, 0.5) is 0 Å². The van der Waals surface area contributed by atoms with Crippen molar-refractivity contribution in [2.45, 2.75) is 38.6 Å². The minimum atomic E-state index is -0.306. The van der Waals surface area contributed by atoms with Gasteiger partial charge in [0.2, 0.25) is 5.91 Å². The SMILES string of the molecule is CCOC(=O)CN(C(=O)CNCC1CC1)C1CC1.Cl. The lowest BCUT2D eigenvalue weighted by Crippen LogP contribution is -2.43. The topological polar surface area (TPSA) is 58.6 Å². The Kier molecular flexibility index (Phi) is 6.58. The third-order valence-electron chi connectivity index (χ3n) is 3.32. The lowest BCUT2D eigenvalue weighted by atomic mass is 10.4. The molecule has 0 aromatic carbocycles. The molecule has 6 heteroatoms. The van der Waals surface area contributed by atoms with E-state index in [0.29, 0.717) is 13.2 Å². The Morgan fingerprint density at radius 3 is 2.47 bits per heavy atom. The molecule has 0 spiro atoms. The maximum Gasteiger partial charge on any atom is 0.325 e. The van der Waals surface area contributed by atoms with Gasteiger partial charge in [-0.25, -0.2) is 0 Å². The van der Waals surface area contributed by atoms with Gasteiger partial charge < -0.3 is 15.0 Å². The third kappa shape index (κ3) is 5.78. The first-order valence-corrected chi connectivity index (χ1v) is 6.86. The summed E-state index contributed by atoms with van der Waals surface area (Å²) >= 11 is 0. The summed E-state index contributed by atoms with van der Waals surface area (Å²) in [5, 5.41) is 3.17. The van der Waals surface area contributed by atoms with Crippen LogP contribution in [-0.2, 0) is 14.3 Å². The number of esters is 1. The van der Waals surface area contributed by atoms with E-state index in [1.54, 1.807) is 11.8 Å². The molecule has 19 heavy (non-hydrogen) atoms. The van der Waals surface area contributed by atoms with Crippen LogP contribution in [0.25, 0.3) is 0 Å². The summed E-state index contributed by atoms with van der Waals surface area (Å²) in [5.41, 5.74) is 0. The largest absolute Gasteiger partial charge is 0.465 e. The van der Waals surface area contributed by atoms with Crippen LogP contribution in [-0.4, -0.2) is 49.1 Å². The Morgan fingerprint density at radius 1 is 1.26 bits per heavy atom. The Labute approximate surface area is 120 Å². The highest BCUT2D eigenvalue weighted by molar-refractivity contribution is 5.85. The van der Waals surface area contributed by atoms with Gasteiger partial charge in [0.25, 0.3) is 0 Å². The Hall–Kier alpha value is -0.810. The van der Waals surface area contributed by atoms with Crippen molar-refractivity contribution in [2.75, 3.05) is 26.2 Å². The Morgan fingerprint density at radius 2 is 1.95 bits per heavy atom. The molecule has 2 fully saturated rings. The number of hydrogen-bond acceptors (Lipinski definition) is 4. The molecule has 2 aliphatic rings. The minimum Gasteiger partial charge on any atom is -0.465 e. The van der Waals surface area contributed by atoms with Crippen molar-refractivity contribution >= 4 is 24.3 Å². The van der Waals surface area contributed by atoms with Crippen molar-refractivity contribution in [1.29, 1.82) is 0 Å². The second-order valence-electron chi connectivity index (χ2n) is 5.13. The summed E-state index contributed by atoms with van der Waals surface area (Å²) in [6, 6.07) is 0.254. The van der Waals surface area contributed by atoms with Crippen molar-refractivity contribution < 1.29 is 14.3 Å². The second kappa shape index (κ2) is 7.70. The van der Waals surface area contributed by atoms with E-state index in [-0.39, 0.29) is 36.9 Å². The van der Waals surface area contributed by atoms with Gasteiger partial charge in [-0.2, -0.15) is 0 Å². The molecule has 1 N–H and O–H groups in total. The van der Waals surface area contributed by atoms with Crippen LogP contribution in [0.2, 0.25) is 0 Å². The average molecular weight is 291 g/mol. The molecule has 0 atom stereocenters. The third-order valence-corrected chi connectivity index (χ3v) is 3.32. The molecule has 2 aliphatic carbocycles. The number of carbonyl (C=O) groups excluding carboxylic acids is 2. The molecule has 1 amide bonds. The summed E-state index contributed by atoms with van der Waals surface area (Å²) in [6.07, 6.45) is 4.56. The monoisotopic (exact) mass is 290 g/mol. The van der Waals surface area contributed by atoms with E-state index >= 15 is 0 Å². The van der Waals surface area contributed by atoms with Gasteiger partial charge in [0, 0.05) is 6.04 Å². The van der Waals surface area contributed by atoms with Crippen LogP contribution >= 0.6 is 12.4 Å². The standard InChI is InChI=1S/C13H22N2O3.ClH/c1-2-18-13(17)9-15(11-5-6-11)12(16)8-14-7-10-3-4-10;/h10-11,14H,2-9H2,1H3;1H. The molecule has 0 aromatic heterocycles. The van der Waals surface area contributed by atoms with E-state index in [1.807, 2.05) is 0 Å². The maximum absolute atomic E-state index is 12.0. The van der Waals surface area contributed by atoms with E-state index in [1.165, 1.54) is 12.8 Å². The van der Waals surface area contributed by atoms with E-state index in [0.717, 1.165) is 25.3 Å². The van der Waals surface area contributed by atoms with Gasteiger partial charge in [0.1, 0.15) is 6.54 Å². The Bertz CT molecular complexity index is 317. The maximum atomic E-state index is 12.0. The molecule has 0 bridgehead atoms. The highest BCUT2D eigenvalue weighted by Gasteiger charge is 2.34. The quantitative estimate of drug-likeness (QED) is 0.677. The van der Waals surface area contributed by atoms with Gasteiger partial charge in [-0.1, -0.05) is 0 Å². The number of rotatable bonds is 8. The number of halogens is 1. The molecular weight excluding hydrogens is 268 g/mol. The van der Waals surface area contributed by atoms with Gasteiger partial charge in [-0.3, -0.25) is 9.59 Å². The summed E-state index contributed by atoms with van der Waals surface area (Å²) < 4.78 is 4.90. The number of amides is 1. The first-order chi connectivity index (χ1) is 8.70. The Balaban J connectivity index is 0.00000180. The fourth-order valence-electron chi connectivity index (χ4n) is 1.96. The molecule has 0 heterocycles. The first-order valence-electron chi connectivity index (χ1n) is 6.86. The zero-order chi connectivity index (χ0) is 13.0. The van der Waals surface area contributed by atoms with Gasteiger partial charge in [-0.15, -0.1) is 12.4 Å². The van der Waals surface area contributed by atoms with E-state index < -0.39 is 0 Å². The summed E-state index contributed by atoms with van der Waals surface area (Å²) in [4.78, 5) is 25.1. The van der Waals surface area contributed by atoms with Crippen LogP contribution in [0.3, 0.4) is 0 Å². The number of nitrogens with zero attached hydrogens (tertiary/aromatic N) is 1. The van der Waals surface area contributed by atoms with E-state index in [4.69, 9.17) is 4.74 Å². The molecule has 2 rings (SSSR count). The fraction of sp³-hybridized carbons (Fsp3) is 0.846. The zero-order valence-corrected chi connectivity index (χ0v) is 12.2. The van der Waals surface area contributed by atoms with Gasteiger partial charge in [0.15, 0.2) is 0 Å². The molecular formula is C13H23ClN2O3. The van der Waals surface area contributed by atoms with Crippen LogP contribution in [0.15, 0.2) is 0 Å². The van der Waals surface area contributed by atoms with Crippen molar-refractivity contribution in [3.63, 3.8) is 0 Å². The zero-order valence-electron chi connectivity index (χ0n) is 11.4. The lowest BCUT2D eigenvalue weighted by molar-refractivity contribution is -0.149. The summed E-state index contributed by atoms with van der Waals surface area (Å²) in [7, 11) is 0. The molecule has 0 saturated heterocycles.